The van der Waals surface area contributed by atoms with Gasteiger partial charge < -0.3 is 20.1 Å². The van der Waals surface area contributed by atoms with Crippen LogP contribution in [0.4, 0.5) is 20.6 Å². The Labute approximate surface area is 213 Å². The lowest BCUT2D eigenvalue weighted by atomic mass is 10.0. The van der Waals surface area contributed by atoms with Crippen LogP contribution in [0.1, 0.15) is 12.0 Å². The van der Waals surface area contributed by atoms with Crippen molar-refractivity contribution >= 4 is 35.1 Å². The Morgan fingerprint density at radius 2 is 2.03 bits per heavy atom. The number of carbonyl (C=O) groups excluding carboxylic acids is 2. The fraction of sp³-hybridized carbons (Fsp3) is 0.259. The van der Waals surface area contributed by atoms with Crippen molar-refractivity contribution in [2.75, 3.05) is 36.2 Å². The molecule has 0 saturated carbocycles. The lowest BCUT2D eigenvalue weighted by molar-refractivity contribution is -0.113. The van der Waals surface area contributed by atoms with E-state index in [0.717, 1.165) is 10.5 Å². The van der Waals surface area contributed by atoms with Gasteiger partial charge in [0.15, 0.2) is 0 Å². The molecule has 36 heavy (non-hydrogen) atoms. The molecule has 9 heteroatoms. The first-order valence-corrected chi connectivity index (χ1v) is 12.7. The number of thioether (sulfide) groups is 1. The highest BCUT2D eigenvalue weighted by Gasteiger charge is 2.32. The number of amides is 2. The third-order valence-electron chi connectivity index (χ3n) is 6.20. The summed E-state index contributed by atoms with van der Waals surface area (Å²) < 4.78 is 26.0. The van der Waals surface area contributed by atoms with Gasteiger partial charge in [-0.15, -0.1) is 11.8 Å². The SMILES string of the molecule is COc1cccc(-c2cccc(CNCCC3CN(c4ccc5c(c4)NC(=O)CS5)C(=O)O3)c2F)c1. The summed E-state index contributed by atoms with van der Waals surface area (Å²) in [5.41, 5.74) is 3.24. The Morgan fingerprint density at radius 1 is 1.17 bits per heavy atom. The maximum Gasteiger partial charge on any atom is 0.414 e. The van der Waals surface area contributed by atoms with E-state index in [4.69, 9.17) is 9.47 Å². The number of benzene rings is 3. The van der Waals surface area contributed by atoms with Crippen LogP contribution in [0, 0.1) is 5.82 Å². The first-order chi connectivity index (χ1) is 17.5. The minimum absolute atomic E-state index is 0.0527. The Bertz CT molecular complexity index is 1300. The number of methoxy groups -OCH3 is 1. The van der Waals surface area contributed by atoms with Gasteiger partial charge in [-0.1, -0.05) is 30.3 Å². The van der Waals surface area contributed by atoms with Gasteiger partial charge in [0.1, 0.15) is 17.7 Å². The van der Waals surface area contributed by atoms with Crippen LogP contribution in [0.5, 0.6) is 5.75 Å². The minimum Gasteiger partial charge on any atom is -0.497 e. The van der Waals surface area contributed by atoms with Crippen molar-refractivity contribution in [1.82, 2.24) is 5.32 Å². The largest absolute Gasteiger partial charge is 0.497 e. The molecule has 3 aromatic carbocycles. The van der Waals surface area contributed by atoms with Crippen LogP contribution in [0.3, 0.4) is 0 Å². The number of halogens is 1. The zero-order valence-corrected chi connectivity index (χ0v) is 20.6. The Kier molecular flexibility index (Phi) is 7.11. The molecule has 2 amide bonds. The third-order valence-corrected chi connectivity index (χ3v) is 7.27. The van der Waals surface area contributed by atoms with Gasteiger partial charge in [-0.25, -0.2) is 9.18 Å². The average Bonchev–Trinajstić information content (AvgIpc) is 3.27. The predicted octanol–water partition coefficient (Wildman–Crippen LogP) is 5.05. The van der Waals surface area contributed by atoms with Crippen LogP contribution in [0.2, 0.25) is 0 Å². The van der Waals surface area contributed by atoms with E-state index in [0.29, 0.717) is 60.1 Å². The molecule has 2 aliphatic rings. The average molecular weight is 508 g/mol. The summed E-state index contributed by atoms with van der Waals surface area (Å²) in [6.45, 7) is 1.34. The topological polar surface area (TPSA) is 79.9 Å². The molecule has 2 aliphatic heterocycles. The number of ether oxygens (including phenoxy) is 2. The smallest absolute Gasteiger partial charge is 0.414 e. The second-order valence-corrected chi connectivity index (χ2v) is 9.63. The minimum atomic E-state index is -0.410. The molecule has 186 valence electrons. The molecule has 0 aromatic heterocycles. The van der Waals surface area contributed by atoms with Crippen molar-refractivity contribution in [1.29, 1.82) is 0 Å². The van der Waals surface area contributed by atoms with Crippen LogP contribution < -0.4 is 20.3 Å². The number of anilines is 2. The van der Waals surface area contributed by atoms with Gasteiger partial charge >= 0.3 is 6.09 Å². The van der Waals surface area contributed by atoms with Crippen molar-refractivity contribution < 1.29 is 23.5 Å². The van der Waals surface area contributed by atoms with Gasteiger partial charge in [-0.2, -0.15) is 0 Å². The highest BCUT2D eigenvalue weighted by molar-refractivity contribution is 8.00. The van der Waals surface area contributed by atoms with Crippen LogP contribution in [0.25, 0.3) is 11.1 Å². The summed E-state index contributed by atoms with van der Waals surface area (Å²) >= 11 is 1.48. The monoisotopic (exact) mass is 507 g/mol. The Morgan fingerprint density at radius 3 is 2.89 bits per heavy atom. The fourth-order valence-corrected chi connectivity index (χ4v) is 5.13. The van der Waals surface area contributed by atoms with E-state index in [-0.39, 0.29) is 17.8 Å². The summed E-state index contributed by atoms with van der Waals surface area (Å²) in [6, 6.07) is 18.3. The second kappa shape index (κ2) is 10.6. The van der Waals surface area contributed by atoms with E-state index in [2.05, 4.69) is 10.6 Å². The Balaban J connectivity index is 1.16. The lowest BCUT2D eigenvalue weighted by Gasteiger charge is -2.20. The summed E-state index contributed by atoms with van der Waals surface area (Å²) in [7, 11) is 1.59. The molecule has 2 heterocycles. The molecule has 0 aliphatic carbocycles. The number of carbonyl (C=O) groups is 2. The first-order valence-electron chi connectivity index (χ1n) is 11.7. The van der Waals surface area contributed by atoms with Crippen molar-refractivity contribution in [3.63, 3.8) is 0 Å². The molecule has 1 unspecified atom stereocenters. The van der Waals surface area contributed by atoms with Crippen molar-refractivity contribution in [2.24, 2.45) is 0 Å². The van der Waals surface area contributed by atoms with Crippen LogP contribution >= 0.6 is 11.8 Å². The highest BCUT2D eigenvalue weighted by Crippen LogP contribution is 2.35. The van der Waals surface area contributed by atoms with Gasteiger partial charge in [0.25, 0.3) is 0 Å². The van der Waals surface area contributed by atoms with Gasteiger partial charge in [0.05, 0.1) is 25.1 Å². The number of nitrogens with one attached hydrogen (secondary N) is 2. The second-order valence-electron chi connectivity index (χ2n) is 8.61. The van der Waals surface area contributed by atoms with E-state index in [1.54, 1.807) is 30.2 Å². The summed E-state index contributed by atoms with van der Waals surface area (Å²) in [6.07, 6.45) is -0.0958. The van der Waals surface area contributed by atoms with Gasteiger partial charge in [-0.05, 0) is 48.9 Å². The number of hydrogen-bond acceptors (Lipinski definition) is 6. The molecule has 3 aromatic rings. The molecule has 0 bridgehead atoms. The van der Waals surface area contributed by atoms with Crippen LogP contribution in [-0.2, 0) is 16.1 Å². The van der Waals surface area contributed by atoms with Crippen molar-refractivity contribution in [3.05, 3.63) is 72.0 Å². The number of nitrogens with zero attached hydrogens (tertiary/aromatic N) is 1. The van der Waals surface area contributed by atoms with Gasteiger partial charge in [-0.3, -0.25) is 9.69 Å². The van der Waals surface area contributed by atoms with E-state index in [1.807, 2.05) is 42.5 Å². The fourth-order valence-electron chi connectivity index (χ4n) is 4.34. The zero-order chi connectivity index (χ0) is 25.1. The number of rotatable bonds is 8. The normalized spacial score (nSPS) is 16.9. The summed E-state index contributed by atoms with van der Waals surface area (Å²) in [5.74, 6) is 0.745. The van der Waals surface area contributed by atoms with E-state index in [9.17, 15) is 9.59 Å². The van der Waals surface area contributed by atoms with Gasteiger partial charge in [0.2, 0.25) is 5.91 Å². The van der Waals surface area contributed by atoms with Crippen LogP contribution in [0.15, 0.2) is 65.6 Å². The molecular formula is C27H26FN3O4S. The molecule has 0 radical (unpaired) electrons. The number of cyclic esters (lactones) is 1. The van der Waals surface area contributed by atoms with Gasteiger partial charge in [0, 0.05) is 28.3 Å². The molecule has 1 fully saturated rings. The third kappa shape index (κ3) is 5.17. The standard InChI is InChI=1S/C27H26FN3O4S/c1-34-20-6-2-4-17(12-20)22-7-3-5-18(26(22)28)14-29-11-10-21-15-31(27(33)35-21)19-8-9-24-23(13-19)30-25(32)16-36-24/h2-9,12-13,21,29H,10-11,14-16H2,1H3,(H,30,32). The molecule has 2 N–H and O–H groups in total. The number of fused-ring (bicyclic) bond motifs is 1. The zero-order valence-electron chi connectivity index (χ0n) is 19.8. The highest BCUT2D eigenvalue weighted by atomic mass is 32.2. The van der Waals surface area contributed by atoms with E-state index in [1.165, 1.54) is 11.8 Å². The predicted molar refractivity (Wildman–Crippen MR) is 138 cm³/mol. The summed E-state index contributed by atoms with van der Waals surface area (Å²) in [4.78, 5) is 26.7. The van der Waals surface area contributed by atoms with E-state index < -0.39 is 6.09 Å². The number of hydrogen-bond donors (Lipinski definition) is 2. The molecular weight excluding hydrogens is 481 g/mol. The maximum absolute atomic E-state index is 15.2. The van der Waals surface area contributed by atoms with Crippen molar-refractivity contribution in [3.8, 4) is 16.9 Å². The maximum atomic E-state index is 15.2. The summed E-state index contributed by atoms with van der Waals surface area (Å²) in [5, 5.41) is 6.11. The van der Waals surface area contributed by atoms with Crippen molar-refractivity contribution in [2.45, 2.75) is 24.0 Å². The molecule has 1 atom stereocenters. The Hall–Kier alpha value is -3.56. The first kappa shape index (κ1) is 24.1. The quantitative estimate of drug-likeness (QED) is 0.416. The molecule has 7 nitrogen and oxygen atoms in total. The van der Waals surface area contributed by atoms with E-state index >= 15 is 4.39 Å². The molecule has 0 spiro atoms. The van der Waals surface area contributed by atoms with Crippen LogP contribution in [-0.4, -0.2) is 44.1 Å². The molecule has 1 saturated heterocycles. The lowest BCUT2D eigenvalue weighted by Crippen LogP contribution is -2.26. The molecule has 5 rings (SSSR count).